The molecule has 168 valence electrons. The molecule has 1 unspecified atom stereocenters. The zero-order valence-electron chi connectivity index (χ0n) is 17.4. The van der Waals surface area contributed by atoms with E-state index in [4.69, 9.17) is 4.74 Å². The van der Waals surface area contributed by atoms with Gasteiger partial charge in [-0.15, -0.1) is 0 Å². The van der Waals surface area contributed by atoms with Crippen molar-refractivity contribution < 1.29 is 22.7 Å². The van der Waals surface area contributed by atoms with Crippen LogP contribution in [0, 0.1) is 10.5 Å². The van der Waals surface area contributed by atoms with Gasteiger partial charge < -0.3 is 15.4 Å². The zero-order valence-corrected chi connectivity index (χ0v) is 20.3. The van der Waals surface area contributed by atoms with Crippen molar-refractivity contribution in [2.45, 2.75) is 37.1 Å². The van der Waals surface area contributed by atoms with Gasteiger partial charge >= 0.3 is 12.0 Å². The topological polar surface area (TPSA) is 114 Å². The number of methoxy groups -OCH3 is 1. The van der Waals surface area contributed by atoms with Gasteiger partial charge in [-0.2, -0.15) is 4.72 Å². The molecule has 0 aromatic heterocycles. The van der Waals surface area contributed by atoms with Gasteiger partial charge in [0.05, 0.1) is 12.0 Å². The number of hydrogen-bond donors (Lipinski definition) is 3. The Morgan fingerprint density at radius 2 is 1.81 bits per heavy atom. The van der Waals surface area contributed by atoms with Gasteiger partial charge in [0.15, 0.2) is 0 Å². The molecular formula is C21H26IN3O5S. The second-order valence-corrected chi connectivity index (χ2v) is 9.86. The molecule has 2 rings (SSSR count). The fraction of sp³-hybridized carbons (Fsp3) is 0.333. The summed E-state index contributed by atoms with van der Waals surface area (Å²) in [5.41, 5.74) is 1.63. The van der Waals surface area contributed by atoms with Crippen LogP contribution < -0.4 is 15.4 Å². The third kappa shape index (κ3) is 8.46. The Labute approximate surface area is 196 Å². The van der Waals surface area contributed by atoms with Gasteiger partial charge in [-0.1, -0.05) is 23.8 Å². The van der Waals surface area contributed by atoms with Crippen molar-refractivity contribution in [2.75, 3.05) is 19.0 Å². The number of esters is 1. The van der Waals surface area contributed by atoms with E-state index >= 15 is 0 Å². The van der Waals surface area contributed by atoms with Crippen molar-refractivity contribution in [1.29, 1.82) is 0 Å². The number of amides is 2. The van der Waals surface area contributed by atoms with E-state index in [1.807, 2.05) is 25.1 Å². The van der Waals surface area contributed by atoms with Gasteiger partial charge in [-0.3, -0.25) is 4.79 Å². The lowest BCUT2D eigenvalue weighted by atomic mass is 10.1. The van der Waals surface area contributed by atoms with Gasteiger partial charge in [-0.05, 0) is 79.1 Å². The number of nitrogens with one attached hydrogen (secondary N) is 3. The Balaban J connectivity index is 1.81. The van der Waals surface area contributed by atoms with Crippen LogP contribution in [0.5, 0.6) is 0 Å². The fourth-order valence-corrected chi connectivity index (χ4v) is 4.52. The molecular weight excluding hydrogens is 533 g/mol. The SMILES string of the molecule is COC(=O)C(CCCCNC(=O)Nc1cccc(I)c1)NS(=O)(=O)c1ccc(C)cc1. The maximum atomic E-state index is 12.6. The molecule has 0 radical (unpaired) electrons. The van der Waals surface area contributed by atoms with Gasteiger partial charge in [0.1, 0.15) is 6.04 Å². The number of carbonyl (C=O) groups excluding carboxylic acids is 2. The van der Waals surface area contributed by atoms with Crippen molar-refractivity contribution in [2.24, 2.45) is 0 Å². The van der Waals surface area contributed by atoms with Gasteiger partial charge in [0.2, 0.25) is 10.0 Å². The lowest BCUT2D eigenvalue weighted by Crippen LogP contribution is -2.41. The first-order valence-electron chi connectivity index (χ1n) is 9.68. The zero-order chi connectivity index (χ0) is 22.9. The molecule has 0 aliphatic heterocycles. The van der Waals surface area contributed by atoms with Crippen LogP contribution in [0.3, 0.4) is 0 Å². The van der Waals surface area contributed by atoms with E-state index in [9.17, 15) is 18.0 Å². The van der Waals surface area contributed by atoms with E-state index < -0.39 is 22.0 Å². The summed E-state index contributed by atoms with van der Waals surface area (Å²) in [6.45, 7) is 2.24. The highest BCUT2D eigenvalue weighted by Crippen LogP contribution is 2.14. The molecule has 31 heavy (non-hydrogen) atoms. The highest BCUT2D eigenvalue weighted by atomic mass is 127. The first-order valence-corrected chi connectivity index (χ1v) is 12.2. The van der Waals surface area contributed by atoms with Crippen molar-refractivity contribution in [3.63, 3.8) is 0 Å². The number of aryl methyl sites for hydroxylation is 1. The predicted molar refractivity (Wildman–Crippen MR) is 127 cm³/mol. The molecule has 0 spiro atoms. The average molecular weight is 559 g/mol. The quantitative estimate of drug-likeness (QED) is 0.235. The number of ether oxygens (including phenoxy) is 1. The summed E-state index contributed by atoms with van der Waals surface area (Å²) in [6, 6.07) is 12.4. The van der Waals surface area contributed by atoms with E-state index in [1.165, 1.54) is 19.2 Å². The summed E-state index contributed by atoms with van der Waals surface area (Å²) in [5, 5.41) is 5.48. The van der Waals surface area contributed by atoms with E-state index in [1.54, 1.807) is 18.2 Å². The number of halogens is 1. The number of rotatable bonds is 10. The monoisotopic (exact) mass is 559 g/mol. The minimum atomic E-state index is -3.86. The molecule has 10 heteroatoms. The Hall–Kier alpha value is -2.18. The van der Waals surface area contributed by atoms with Crippen LogP contribution >= 0.6 is 22.6 Å². The standard InChI is InChI=1S/C21H26IN3O5S/c1-15-9-11-18(12-10-15)31(28,29)25-19(20(26)30-2)8-3-4-13-23-21(27)24-17-7-5-6-16(22)14-17/h5-7,9-12,14,19,25H,3-4,8,13H2,1-2H3,(H2,23,24,27). The average Bonchev–Trinajstić information content (AvgIpc) is 2.72. The Morgan fingerprint density at radius 3 is 2.45 bits per heavy atom. The number of unbranched alkanes of at least 4 members (excludes halogenated alkanes) is 1. The highest BCUT2D eigenvalue weighted by molar-refractivity contribution is 14.1. The Morgan fingerprint density at radius 1 is 1.10 bits per heavy atom. The van der Waals surface area contributed by atoms with Crippen LogP contribution in [0.25, 0.3) is 0 Å². The molecule has 2 aromatic rings. The van der Waals surface area contributed by atoms with Gasteiger partial charge in [0, 0.05) is 15.8 Å². The van der Waals surface area contributed by atoms with Gasteiger partial charge in [0.25, 0.3) is 0 Å². The van der Waals surface area contributed by atoms with Crippen molar-refractivity contribution in [3.8, 4) is 0 Å². The van der Waals surface area contributed by atoms with Crippen LogP contribution in [-0.4, -0.2) is 40.1 Å². The summed E-state index contributed by atoms with van der Waals surface area (Å²) >= 11 is 2.16. The number of benzene rings is 2. The number of urea groups is 1. The Bertz CT molecular complexity index is 996. The molecule has 0 saturated heterocycles. The summed E-state index contributed by atoms with van der Waals surface area (Å²) in [7, 11) is -2.64. The number of carbonyl (C=O) groups is 2. The highest BCUT2D eigenvalue weighted by Gasteiger charge is 2.26. The molecule has 0 aliphatic rings. The molecule has 0 bridgehead atoms. The summed E-state index contributed by atoms with van der Waals surface area (Å²) < 4.78 is 33.3. The van der Waals surface area contributed by atoms with E-state index in [0.29, 0.717) is 25.1 Å². The Kier molecular flexibility index (Phi) is 9.72. The van der Waals surface area contributed by atoms with Crippen molar-refractivity contribution >= 4 is 50.3 Å². The number of sulfonamides is 1. The second kappa shape index (κ2) is 12.0. The molecule has 0 heterocycles. The molecule has 1 atom stereocenters. The van der Waals surface area contributed by atoms with E-state index in [0.717, 1.165) is 9.13 Å². The fourth-order valence-electron chi connectivity index (χ4n) is 2.76. The molecule has 0 fully saturated rings. The first-order chi connectivity index (χ1) is 14.7. The van der Waals surface area contributed by atoms with Crippen molar-refractivity contribution in [3.05, 3.63) is 57.7 Å². The lowest BCUT2D eigenvalue weighted by molar-refractivity contribution is -0.142. The van der Waals surface area contributed by atoms with Gasteiger partial charge in [-0.25, -0.2) is 13.2 Å². The maximum absolute atomic E-state index is 12.6. The largest absolute Gasteiger partial charge is 0.468 e. The van der Waals surface area contributed by atoms with Crippen LogP contribution in [0.1, 0.15) is 24.8 Å². The lowest BCUT2D eigenvalue weighted by Gasteiger charge is -2.17. The molecule has 2 aromatic carbocycles. The minimum Gasteiger partial charge on any atom is -0.468 e. The summed E-state index contributed by atoms with van der Waals surface area (Å²) in [6.07, 6.45) is 1.33. The molecule has 0 aliphatic carbocycles. The second-order valence-electron chi connectivity index (χ2n) is 6.90. The van der Waals surface area contributed by atoms with Crippen LogP contribution in [0.15, 0.2) is 53.4 Å². The summed E-state index contributed by atoms with van der Waals surface area (Å²) in [4.78, 5) is 24.1. The molecule has 0 saturated carbocycles. The third-order valence-corrected chi connectivity index (χ3v) is 6.56. The number of hydrogen-bond acceptors (Lipinski definition) is 5. The maximum Gasteiger partial charge on any atom is 0.323 e. The number of anilines is 1. The molecule has 3 N–H and O–H groups in total. The smallest absolute Gasteiger partial charge is 0.323 e. The first kappa shape index (κ1) is 25.1. The summed E-state index contributed by atoms with van der Waals surface area (Å²) in [5.74, 6) is -0.653. The van der Waals surface area contributed by atoms with E-state index in [-0.39, 0.29) is 17.3 Å². The van der Waals surface area contributed by atoms with Crippen LogP contribution in [0.2, 0.25) is 0 Å². The predicted octanol–water partition coefficient (Wildman–Crippen LogP) is 3.41. The van der Waals surface area contributed by atoms with Crippen LogP contribution in [-0.2, 0) is 19.6 Å². The third-order valence-electron chi connectivity index (χ3n) is 4.40. The van der Waals surface area contributed by atoms with Crippen LogP contribution in [0.4, 0.5) is 10.5 Å². The van der Waals surface area contributed by atoms with Crippen molar-refractivity contribution in [1.82, 2.24) is 10.0 Å². The molecule has 8 nitrogen and oxygen atoms in total. The minimum absolute atomic E-state index is 0.0842. The molecule has 2 amide bonds. The van der Waals surface area contributed by atoms with E-state index in [2.05, 4.69) is 37.9 Å². The normalized spacial score (nSPS) is 12.1.